The predicted molar refractivity (Wildman–Crippen MR) is 70.8 cm³/mol. The highest BCUT2D eigenvalue weighted by molar-refractivity contribution is 5.77. The number of aromatic nitrogens is 2. The summed E-state index contributed by atoms with van der Waals surface area (Å²) < 4.78 is 1.82. The highest BCUT2D eigenvalue weighted by atomic mass is 16.3. The lowest BCUT2D eigenvalue weighted by molar-refractivity contribution is 0.187. The average molecular weight is 244 g/mol. The second kappa shape index (κ2) is 4.03. The Hall–Kier alpha value is -2.01. The average Bonchev–Trinajstić information content (AvgIpc) is 2.61. The van der Waals surface area contributed by atoms with Crippen LogP contribution in [0.15, 0.2) is 30.5 Å². The van der Waals surface area contributed by atoms with Gasteiger partial charge in [-0.1, -0.05) is 12.1 Å². The summed E-state index contributed by atoms with van der Waals surface area (Å²) >= 11 is 0. The maximum Gasteiger partial charge on any atom is 0.133 e. The highest BCUT2D eigenvalue weighted by Crippen LogP contribution is 2.35. The molecule has 1 aliphatic heterocycles. The Morgan fingerprint density at radius 3 is 2.94 bits per heavy atom. The van der Waals surface area contributed by atoms with Gasteiger partial charge in [-0.25, -0.2) is 0 Å². The molecule has 5 heteroatoms. The molecule has 5 nitrogen and oxygen atoms in total. The molecule has 1 aromatic carbocycles. The van der Waals surface area contributed by atoms with E-state index >= 15 is 0 Å². The minimum absolute atomic E-state index is 0.542. The summed E-state index contributed by atoms with van der Waals surface area (Å²) in [6.07, 6.45) is 1.29. The molecule has 1 unspecified atom stereocenters. The number of rotatable bonds is 1. The molecule has 2 N–H and O–H groups in total. The number of aryl methyl sites for hydroxylation is 1. The maximum absolute atomic E-state index is 9.95. The van der Waals surface area contributed by atoms with E-state index in [2.05, 4.69) is 10.4 Å². The second-order valence-corrected chi connectivity index (χ2v) is 4.54. The fourth-order valence-corrected chi connectivity index (χ4v) is 2.32. The monoisotopic (exact) mass is 244 g/mol. The van der Waals surface area contributed by atoms with E-state index in [0.29, 0.717) is 6.54 Å². The molecule has 0 radical (unpaired) electrons. The number of anilines is 3. The molecule has 0 aliphatic carbocycles. The fraction of sp³-hybridized carbons (Fsp3) is 0.308. The fourth-order valence-electron chi connectivity index (χ4n) is 2.32. The summed E-state index contributed by atoms with van der Waals surface area (Å²) in [5, 5.41) is 17.6. The van der Waals surface area contributed by atoms with Crippen molar-refractivity contribution in [2.24, 2.45) is 7.05 Å². The quantitative estimate of drug-likeness (QED) is 0.803. The van der Waals surface area contributed by atoms with E-state index in [0.717, 1.165) is 22.8 Å². The van der Waals surface area contributed by atoms with E-state index < -0.39 is 6.23 Å². The third kappa shape index (κ3) is 1.64. The molecular formula is C13H16N4O. The van der Waals surface area contributed by atoms with Crippen LogP contribution in [-0.4, -0.2) is 21.1 Å². The lowest BCUT2D eigenvalue weighted by Crippen LogP contribution is -2.31. The minimum Gasteiger partial charge on any atom is -0.374 e. The summed E-state index contributed by atoms with van der Waals surface area (Å²) in [4.78, 5) is 1.95. The zero-order valence-electron chi connectivity index (χ0n) is 10.5. The Morgan fingerprint density at radius 2 is 2.17 bits per heavy atom. The minimum atomic E-state index is -0.542. The summed E-state index contributed by atoms with van der Waals surface area (Å²) in [6.45, 7) is 2.42. The zero-order valence-corrected chi connectivity index (χ0v) is 10.5. The maximum atomic E-state index is 9.95. The van der Waals surface area contributed by atoms with Gasteiger partial charge in [-0.2, -0.15) is 5.10 Å². The molecule has 0 amide bonds. The van der Waals surface area contributed by atoms with Crippen LogP contribution in [-0.2, 0) is 13.6 Å². The van der Waals surface area contributed by atoms with Crippen LogP contribution in [0.25, 0.3) is 0 Å². The number of nitrogens with one attached hydrogen (secondary N) is 1. The lowest BCUT2D eigenvalue weighted by Gasteiger charge is -2.27. The van der Waals surface area contributed by atoms with Crippen LogP contribution >= 0.6 is 0 Å². The Kier molecular flexibility index (Phi) is 2.48. The third-order valence-corrected chi connectivity index (χ3v) is 3.27. The van der Waals surface area contributed by atoms with Crippen LogP contribution < -0.4 is 10.2 Å². The molecule has 0 bridgehead atoms. The van der Waals surface area contributed by atoms with E-state index in [1.54, 1.807) is 6.92 Å². The number of fused-ring (bicyclic) bond motifs is 2. The van der Waals surface area contributed by atoms with Crippen molar-refractivity contribution in [1.82, 2.24) is 9.78 Å². The molecule has 1 aromatic heterocycles. The summed E-state index contributed by atoms with van der Waals surface area (Å²) in [5.74, 6) is 0.977. The van der Waals surface area contributed by atoms with Gasteiger partial charge in [0.15, 0.2) is 0 Å². The Bertz CT molecular complexity index is 576. The molecular weight excluding hydrogens is 228 g/mol. The first-order valence-corrected chi connectivity index (χ1v) is 5.98. The number of aliphatic hydroxyl groups is 1. The van der Waals surface area contributed by atoms with Gasteiger partial charge in [-0.05, 0) is 19.1 Å². The van der Waals surface area contributed by atoms with Crippen molar-refractivity contribution in [1.29, 1.82) is 0 Å². The van der Waals surface area contributed by atoms with Crippen molar-refractivity contribution < 1.29 is 5.11 Å². The first-order valence-electron chi connectivity index (χ1n) is 5.98. The number of para-hydroxylation sites is 2. The van der Waals surface area contributed by atoms with Gasteiger partial charge in [-0.3, -0.25) is 4.68 Å². The van der Waals surface area contributed by atoms with Crippen LogP contribution in [0.5, 0.6) is 0 Å². The van der Waals surface area contributed by atoms with Crippen molar-refractivity contribution in [3.8, 4) is 0 Å². The molecule has 0 spiro atoms. The van der Waals surface area contributed by atoms with E-state index in [1.807, 2.05) is 47.1 Å². The first-order chi connectivity index (χ1) is 8.66. The van der Waals surface area contributed by atoms with Crippen molar-refractivity contribution in [3.63, 3.8) is 0 Å². The molecule has 3 rings (SSSR count). The van der Waals surface area contributed by atoms with Gasteiger partial charge in [0.25, 0.3) is 0 Å². The third-order valence-electron chi connectivity index (χ3n) is 3.27. The highest BCUT2D eigenvalue weighted by Gasteiger charge is 2.23. The van der Waals surface area contributed by atoms with Gasteiger partial charge in [0.1, 0.15) is 12.0 Å². The molecule has 2 aromatic rings. The van der Waals surface area contributed by atoms with Crippen molar-refractivity contribution in [3.05, 3.63) is 36.0 Å². The molecule has 0 fully saturated rings. The molecule has 1 aliphatic rings. The van der Waals surface area contributed by atoms with Gasteiger partial charge in [0.05, 0.1) is 24.1 Å². The van der Waals surface area contributed by atoms with E-state index in [1.165, 1.54) is 0 Å². The molecule has 0 saturated carbocycles. The van der Waals surface area contributed by atoms with Crippen LogP contribution in [0.3, 0.4) is 0 Å². The summed E-state index contributed by atoms with van der Waals surface area (Å²) in [6, 6.07) is 7.97. The molecule has 0 saturated heterocycles. The Labute approximate surface area is 106 Å². The van der Waals surface area contributed by atoms with E-state index in [-0.39, 0.29) is 0 Å². The normalized spacial score (nSPS) is 15.4. The van der Waals surface area contributed by atoms with Crippen molar-refractivity contribution in [2.45, 2.75) is 19.7 Å². The van der Waals surface area contributed by atoms with Gasteiger partial charge < -0.3 is 15.3 Å². The first kappa shape index (κ1) is 11.1. The standard InChI is InChI=1S/C13H16N4O/c1-9(18)17-8-10-7-14-16(2)13(10)15-11-5-3-4-6-12(11)17/h3-7,9,15,18H,8H2,1-2H3. The topological polar surface area (TPSA) is 53.3 Å². The summed E-state index contributed by atoms with van der Waals surface area (Å²) in [5.41, 5.74) is 3.07. The SMILES string of the molecule is CC(O)N1Cc2cnn(C)c2Nc2ccccc21. The Balaban J connectivity index is 2.15. The second-order valence-electron chi connectivity index (χ2n) is 4.54. The smallest absolute Gasteiger partial charge is 0.133 e. The van der Waals surface area contributed by atoms with Crippen molar-refractivity contribution >= 4 is 17.2 Å². The van der Waals surface area contributed by atoms with Crippen molar-refractivity contribution in [2.75, 3.05) is 10.2 Å². The van der Waals surface area contributed by atoms with Gasteiger partial charge >= 0.3 is 0 Å². The van der Waals surface area contributed by atoms with Gasteiger partial charge in [0, 0.05) is 12.6 Å². The zero-order chi connectivity index (χ0) is 12.7. The van der Waals surface area contributed by atoms with Crippen LogP contribution in [0.2, 0.25) is 0 Å². The largest absolute Gasteiger partial charge is 0.374 e. The van der Waals surface area contributed by atoms with E-state index in [9.17, 15) is 5.11 Å². The Morgan fingerprint density at radius 1 is 1.39 bits per heavy atom. The summed E-state index contributed by atoms with van der Waals surface area (Å²) in [7, 11) is 1.91. The number of aliphatic hydroxyl groups excluding tert-OH is 1. The predicted octanol–water partition coefficient (Wildman–Crippen LogP) is 1.82. The van der Waals surface area contributed by atoms with Crippen LogP contribution in [0.4, 0.5) is 17.2 Å². The number of benzene rings is 1. The van der Waals surface area contributed by atoms with Gasteiger partial charge in [-0.15, -0.1) is 0 Å². The number of hydrogen-bond acceptors (Lipinski definition) is 4. The molecule has 18 heavy (non-hydrogen) atoms. The lowest BCUT2D eigenvalue weighted by atomic mass is 10.2. The van der Waals surface area contributed by atoms with Gasteiger partial charge in [0.2, 0.25) is 0 Å². The number of hydrogen-bond donors (Lipinski definition) is 2. The van der Waals surface area contributed by atoms with Crippen LogP contribution in [0, 0.1) is 0 Å². The molecule has 94 valence electrons. The van der Waals surface area contributed by atoms with E-state index in [4.69, 9.17) is 0 Å². The molecule has 1 atom stereocenters. The van der Waals surface area contributed by atoms with Crippen LogP contribution in [0.1, 0.15) is 12.5 Å². The molecule has 2 heterocycles. The number of nitrogens with zero attached hydrogens (tertiary/aromatic N) is 3.